The zero-order chi connectivity index (χ0) is 13.5. The Morgan fingerprint density at radius 2 is 1.84 bits per heavy atom. The Labute approximate surface area is 112 Å². The van der Waals surface area contributed by atoms with E-state index in [1.54, 1.807) is 0 Å². The van der Waals surface area contributed by atoms with E-state index in [2.05, 4.69) is 0 Å². The molecule has 1 spiro atoms. The summed E-state index contributed by atoms with van der Waals surface area (Å²) in [6, 6.07) is 0. The van der Waals surface area contributed by atoms with E-state index in [4.69, 9.17) is 18.9 Å². The van der Waals surface area contributed by atoms with Crippen LogP contribution in [0.4, 0.5) is 0 Å². The molecule has 3 rings (SSSR count). The number of hydrogen-bond acceptors (Lipinski definition) is 6. The van der Waals surface area contributed by atoms with Crippen LogP contribution in [0.25, 0.3) is 0 Å². The van der Waals surface area contributed by atoms with Gasteiger partial charge >= 0.3 is 0 Å². The maximum Gasteiger partial charge on any atom is 0.186 e. The monoisotopic (exact) mass is 274 g/mol. The third-order valence-electron chi connectivity index (χ3n) is 4.34. The van der Waals surface area contributed by atoms with Crippen LogP contribution in [-0.2, 0) is 18.9 Å². The number of rotatable bonds is 2. The Morgan fingerprint density at radius 1 is 1.16 bits per heavy atom. The van der Waals surface area contributed by atoms with Crippen molar-refractivity contribution < 1.29 is 29.2 Å². The lowest BCUT2D eigenvalue weighted by molar-refractivity contribution is -0.274. The molecule has 2 N–H and O–H groups in total. The second kappa shape index (κ2) is 5.27. The quantitative estimate of drug-likeness (QED) is 0.746. The van der Waals surface area contributed by atoms with Crippen LogP contribution >= 0.6 is 0 Å². The van der Waals surface area contributed by atoms with Gasteiger partial charge in [0.1, 0.15) is 24.4 Å². The molecule has 1 saturated carbocycles. The van der Waals surface area contributed by atoms with Crippen molar-refractivity contribution in [1.82, 2.24) is 0 Å². The fraction of sp³-hybridized carbons (Fsp3) is 1.00. The van der Waals surface area contributed by atoms with Crippen molar-refractivity contribution in [2.75, 3.05) is 13.7 Å². The number of aliphatic hydroxyl groups is 2. The first kappa shape index (κ1) is 13.7. The molecule has 0 bridgehead atoms. The van der Waals surface area contributed by atoms with Crippen LogP contribution in [0.3, 0.4) is 0 Å². The van der Waals surface area contributed by atoms with Crippen LogP contribution < -0.4 is 0 Å². The molecule has 3 aliphatic rings. The van der Waals surface area contributed by atoms with Crippen molar-refractivity contribution in [3.8, 4) is 0 Å². The molecule has 0 aromatic rings. The van der Waals surface area contributed by atoms with Crippen molar-refractivity contribution in [2.24, 2.45) is 0 Å². The van der Waals surface area contributed by atoms with E-state index in [0.717, 1.165) is 25.7 Å². The number of hydrogen-bond donors (Lipinski definition) is 2. The lowest BCUT2D eigenvalue weighted by atomic mass is 9.94. The van der Waals surface area contributed by atoms with Gasteiger partial charge in [-0.25, -0.2) is 0 Å². The van der Waals surface area contributed by atoms with Crippen molar-refractivity contribution >= 4 is 0 Å². The fourth-order valence-electron chi connectivity index (χ4n) is 3.36. The molecule has 2 saturated heterocycles. The number of methoxy groups -OCH3 is 1. The first-order valence-electron chi connectivity index (χ1n) is 7.02. The molecule has 0 amide bonds. The summed E-state index contributed by atoms with van der Waals surface area (Å²) in [5.41, 5.74) is 0. The minimum absolute atomic E-state index is 0.173. The van der Waals surface area contributed by atoms with Gasteiger partial charge in [0.15, 0.2) is 12.1 Å². The van der Waals surface area contributed by atoms with Gasteiger partial charge in [-0.1, -0.05) is 6.42 Å². The second-order valence-corrected chi connectivity index (χ2v) is 5.59. The van der Waals surface area contributed by atoms with E-state index in [0.29, 0.717) is 0 Å². The smallest absolute Gasteiger partial charge is 0.186 e. The number of fused-ring (bicyclic) bond motifs is 1. The molecule has 3 fully saturated rings. The first-order valence-corrected chi connectivity index (χ1v) is 7.02. The molecule has 0 aromatic carbocycles. The maximum atomic E-state index is 10.2. The van der Waals surface area contributed by atoms with E-state index in [1.165, 1.54) is 13.5 Å². The Bertz CT molecular complexity index is 316. The summed E-state index contributed by atoms with van der Waals surface area (Å²) in [5, 5.41) is 19.7. The van der Waals surface area contributed by atoms with E-state index >= 15 is 0 Å². The molecular formula is C13H22O6. The molecule has 2 aliphatic heterocycles. The SMILES string of the molecule is CO[C@@H]1O[C@@H](CO)[C@@H]2OC3(CCCCC3)O[C@@H]2[C@@H]1O. The van der Waals surface area contributed by atoms with Gasteiger partial charge in [0.25, 0.3) is 0 Å². The van der Waals surface area contributed by atoms with Crippen LogP contribution in [0.15, 0.2) is 0 Å². The van der Waals surface area contributed by atoms with Gasteiger partial charge < -0.3 is 29.2 Å². The molecule has 6 heteroatoms. The summed E-state index contributed by atoms with van der Waals surface area (Å²) in [6.45, 7) is -0.173. The highest BCUT2D eigenvalue weighted by molar-refractivity contribution is 4.98. The molecule has 1 aliphatic carbocycles. The van der Waals surface area contributed by atoms with Gasteiger partial charge in [0.05, 0.1) is 6.61 Å². The largest absolute Gasteiger partial charge is 0.394 e. The summed E-state index contributed by atoms with van der Waals surface area (Å²) in [5.74, 6) is -0.603. The summed E-state index contributed by atoms with van der Waals surface area (Å²) in [7, 11) is 1.47. The van der Waals surface area contributed by atoms with Crippen LogP contribution in [0.2, 0.25) is 0 Å². The zero-order valence-electron chi connectivity index (χ0n) is 11.2. The summed E-state index contributed by atoms with van der Waals surface area (Å²) in [6.07, 6.45) is 1.89. The third-order valence-corrected chi connectivity index (χ3v) is 4.34. The number of ether oxygens (including phenoxy) is 4. The molecule has 0 aromatic heterocycles. The van der Waals surface area contributed by atoms with Crippen molar-refractivity contribution in [1.29, 1.82) is 0 Å². The summed E-state index contributed by atoms with van der Waals surface area (Å²) < 4.78 is 22.7. The minimum Gasteiger partial charge on any atom is -0.394 e. The van der Waals surface area contributed by atoms with E-state index in [9.17, 15) is 10.2 Å². The Kier molecular flexibility index (Phi) is 3.81. The standard InChI is InChI=1S/C13H22O6/c1-16-12-9(15)11-10(8(7-14)17-12)18-13(19-11)5-3-2-4-6-13/h8-12,14-15H,2-7H2,1H3/t8-,9-,10-,11+,12+/m0/s1. The van der Waals surface area contributed by atoms with Crippen LogP contribution in [0.1, 0.15) is 32.1 Å². The predicted molar refractivity (Wildman–Crippen MR) is 64.3 cm³/mol. The van der Waals surface area contributed by atoms with Gasteiger partial charge in [0, 0.05) is 20.0 Å². The van der Waals surface area contributed by atoms with Gasteiger partial charge in [0.2, 0.25) is 0 Å². The molecular weight excluding hydrogens is 252 g/mol. The molecule has 0 unspecified atom stereocenters. The lowest BCUT2D eigenvalue weighted by Crippen LogP contribution is -2.57. The van der Waals surface area contributed by atoms with Crippen molar-refractivity contribution in [2.45, 2.75) is 68.6 Å². The van der Waals surface area contributed by atoms with Gasteiger partial charge in [-0.2, -0.15) is 0 Å². The molecule has 110 valence electrons. The molecule has 0 radical (unpaired) electrons. The predicted octanol–water partition coefficient (Wildman–Crippen LogP) is 0.155. The van der Waals surface area contributed by atoms with Crippen molar-refractivity contribution in [3.63, 3.8) is 0 Å². The summed E-state index contributed by atoms with van der Waals surface area (Å²) in [4.78, 5) is 0. The van der Waals surface area contributed by atoms with Gasteiger partial charge in [-0.15, -0.1) is 0 Å². The molecule has 2 heterocycles. The van der Waals surface area contributed by atoms with E-state index < -0.39 is 36.5 Å². The fourth-order valence-corrected chi connectivity index (χ4v) is 3.36. The van der Waals surface area contributed by atoms with Crippen molar-refractivity contribution in [3.05, 3.63) is 0 Å². The first-order chi connectivity index (χ1) is 9.19. The Morgan fingerprint density at radius 3 is 2.47 bits per heavy atom. The number of aliphatic hydroxyl groups excluding tert-OH is 2. The highest BCUT2D eigenvalue weighted by Gasteiger charge is 2.57. The van der Waals surface area contributed by atoms with Crippen LogP contribution in [0, 0.1) is 0 Å². The highest BCUT2D eigenvalue weighted by Crippen LogP contribution is 2.44. The molecule has 19 heavy (non-hydrogen) atoms. The maximum absolute atomic E-state index is 10.2. The van der Waals surface area contributed by atoms with E-state index in [-0.39, 0.29) is 6.61 Å². The third kappa shape index (κ3) is 2.30. The average molecular weight is 274 g/mol. The summed E-state index contributed by atoms with van der Waals surface area (Å²) >= 11 is 0. The normalized spacial score (nSPS) is 45.3. The highest BCUT2D eigenvalue weighted by atomic mass is 16.8. The minimum atomic E-state index is -0.890. The average Bonchev–Trinajstić information content (AvgIpc) is 2.80. The molecule has 5 atom stereocenters. The van der Waals surface area contributed by atoms with Crippen LogP contribution in [-0.4, -0.2) is 60.4 Å². The Balaban J connectivity index is 1.79. The topological polar surface area (TPSA) is 77.4 Å². The van der Waals surface area contributed by atoms with E-state index in [1.807, 2.05) is 0 Å². The second-order valence-electron chi connectivity index (χ2n) is 5.59. The van der Waals surface area contributed by atoms with Gasteiger partial charge in [-0.05, 0) is 12.8 Å². The van der Waals surface area contributed by atoms with Crippen LogP contribution in [0.5, 0.6) is 0 Å². The molecule has 6 nitrogen and oxygen atoms in total. The Hall–Kier alpha value is -0.240. The lowest BCUT2D eigenvalue weighted by Gasteiger charge is -2.38. The van der Waals surface area contributed by atoms with Gasteiger partial charge in [-0.3, -0.25) is 0 Å². The zero-order valence-corrected chi connectivity index (χ0v) is 11.2.